The van der Waals surface area contributed by atoms with Crippen molar-refractivity contribution in [2.45, 2.75) is 12.4 Å². The van der Waals surface area contributed by atoms with E-state index in [4.69, 9.17) is 10.8 Å². The zero-order valence-corrected chi connectivity index (χ0v) is 6.26. The van der Waals surface area contributed by atoms with Gasteiger partial charge in [0.05, 0.1) is 6.08 Å². The Labute approximate surface area is 66.6 Å². The highest BCUT2D eigenvalue weighted by atomic mass is 19.4. The highest BCUT2D eigenvalue weighted by Crippen LogP contribution is 2.25. The summed E-state index contributed by atoms with van der Waals surface area (Å²) in [5.74, 6) is 0. The van der Waals surface area contributed by atoms with Gasteiger partial charge in [-0.1, -0.05) is 0 Å². The van der Waals surface area contributed by atoms with Crippen LogP contribution >= 0.6 is 0 Å². The van der Waals surface area contributed by atoms with Crippen molar-refractivity contribution in [1.82, 2.24) is 0 Å². The van der Waals surface area contributed by atoms with Gasteiger partial charge in [0, 0.05) is 0 Å². The standard InChI is InChI=1S/C6H8F3N2O/c1-11-3(5(10)12)2-4(11)6(7,8)9/h2,5,12H,10H2,1H3/q+1. The van der Waals surface area contributed by atoms with Gasteiger partial charge in [0.25, 0.3) is 5.71 Å². The summed E-state index contributed by atoms with van der Waals surface area (Å²) >= 11 is 0. The second-order valence-electron chi connectivity index (χ2n) is 2.46. The molecule has 0 saturated carbocycles. The molecular weight excluding hydrogens is 173 g/mol. The van der Waals surface area contributed by atoms with E-state index < -0.39 is 18.1 Å². The molecule has 1 unspecified atom stereocenters. The van der Waals surface area contributed by atoms with E-state index in [1.807, 2.05) is 0 Å². The molecule has 12 heavy (non-hydrogen) atoms. The van der Waals surface area contributed by atoms with E-state index in [1.54, 1.807) is 0 Å². The Hall–Kier alpha value is -0.880. The molecule has 0 radical (unpaired) electrons. The van der Waals surface area contributed by atoms with Crippen LogP contribution in [0.4, 0.5) is 13.2 Å². The number of aliphatic hydroxyl groups excluding tert-OH is 1. The highest BCUT2D eigenvalue weighted by molar-refractivity contribution is 5.99. The summed E-state index contributed by atoms with van der Waals surface area (Å²) in [6.07, 6.45) is -4.89. The lowest BCUT2D eigenvalue weighted by Gasteiger charge is -2.16. The Kier molecular flexibility index (Phi) is 1.97. The van der Waals surface area contributed by atoms with Gasteiger partial charge in [-0.3, -0.25) is 5.73 Å². The quantitative estimate of drug-likeness (QED) is 0.435. The van der Waals surface area contributed by atoms with Crippen LogP contribution in [0.15, 0.2) is 11.8 Å². The number of nitrogens with two attached hydrogens (primary N) is 1. The summed E-state index contributed by atoms with van der Waals surface area (Å²) in [6.45, 7) is 0. The Morgan fingerprint density at radius 2 is 2.08 bits per heavy atom. The summed E-state index contributed by atoms with van der Waals surface area (Å²) < 4.78 is 36.7. The lowest BCUT2D eigenvalue weighted by atomic mass is 10.1. The highest BCUT2D eigenvalue weighted by Gasteiger charge is 2.48. The van der Waals surface area contributed by atoms with Gasteiger partial charge in [-0.05, 0) is 0 Å². The number of allylic oxidation sites excluding steroid dienone is 1. The van der Waals surface area contributed by atoms with E-state index in [9.17, 15) is 13.2 Å². The van der Waals surface area contributed by atoms with Crippen LogP contribution < -0.4 is 5.73 Å². The maximum absolute atomic E-state index is 11.9. The Morgan fingerprint density at radius 3 is 2.33 bits per heavy atom. The molecule has 0 saturated heterocycles. The van der Waals surface area contributed by atoms with Crippen LogP contribution in [0.3, 0.4) is 0 Å². The molecule has 1 heterocycles. The molecule has 1 aliphatic rings. The van der Waals surface area contributed by atoms with Crippen molar-refractivity contribution >= 4 is 5.71 Å². The summed E-state index contributed by atoms with van der Waals surface area (Å²) in [6, 6.07) is 0. The van der Waals surface area contributed by atoms with Crippen LogP contribution in [0.2, 0.25) is 0 Å². The first-order valence-electron chi connectivity index (χ1n) is 3.17. The molecule has 0 aliphatic carbocycles. The Morgan fingerprint density at radius 1 is 1.58 bits per heavy atom. The third-order valence-electron chi connectivity index (χ3n) is 1.63. The Bertz CT molecular complexity index is 264. The molecule has 6 heteroatoms. The molecule has 0 amide bonds. The van der Waals surface area contributed by atoms with Crippen LogP contribution in [-0.2, 0) is 0 Å². The van der Waals surface area contributed by atoms with Crippen molar-refractivity contribution in [3.05, 3.63) is 11.8 Å². The minimum absolute atomic E-state index is 0.0716. The van der Waals surface area contributed by atoms with E-state index in [-0.39, 0.29) is 5.70 Å². The van der Waals surface area contributed by atoms with E-state index in [2.05, 4.69) is 0 Å². The number of hydrogen-bond donors (Lipinski definition) is 2. The summed E-state index contributed by atoms with van der Waals surface area (Å²) in [7, 11) is 1.20. The van der Waals surface area contributed by atoms with E-state index >= 15 is 0 Å². The molecule has 3 N–H and O–H groups in total. The first-order chi connectivity index (χ1) is 5.34. The van der Waals surface area contributed by atoms with Crippen LogP contribution in [0.25, 0.3) is 0 Å². The summed E-state index contributed by atoms with van der Waals surface area (Å²) in [5, 5.41) is 8.71. The van der Waals surface area contributed by atoms with Crippen molar-refractivity contribution in [1.29, 1.82) is 0 Å². The van der Waals surface area contributed by atoms with Gasteiger partial charge in [-0.15, -0.1) is 0 Å². The molecule has 0 aromatic rings. The van der Waals surface area contributed by atoms with Crippen LogP contribution in [-0.4, -0.2) is 34.8 Å². The smallest absolute Gasteiger partial charge is 0.369 e. The zero-order chi connectivity index (χ0) is 9.52. The first kappa shape index (κ1) is 9.21. The van der Waals surface area contributed by atoms with Crippen LogP contribution in [0, 0.1) is 0 Å². The number of aliphatic hydroxyl groups is 1. The molecular formula is C6H8F3N2O+. The minimum Gasteiger partial charge on any atom is -0.369 e. The normalized spacial score (nSPS) is 20.3. The van der Waals surface area contributed by atoms with Gasteiger partial charge in [0.1, 0.15) is 7.05 Å². The molecule has 0 fully saturated rings. The lowest BCUT2D eigenvalue weighted by molar-refractivity contribution is -0.474. The zero-order valence-electron chi connectivity index (χ0n) is 6.26. The third-order valence-corrected chi connectivity index (χ3v) is 1.63. The number of rotatable bonds is 1. The number of alkyl halides is 3. The number of hydrogen-bond acceptors (Lipinski definition) is 2. The molecule has 0 bridgehead atoms. The number of halogens is 3. The number of likely N-dealkylation sites (N-methyl/N-ethyl adjacent to an activating group) is 1. The van der Waals surface area contributed by atoms with Gasteiger partial charge in [-0.2, -0.15) is 17.7 Å². The second kappa shape index (κ2) is 2.56. The topological polar surface area (TPSA) is 49.3 Å². The predicted molar refractivity (Wildman–Crippen MR) is 35.5 cm³/mol. The molecule has 68 valence electrons. The molecule has 1 rings (SSSR count). The predicted octanol–water partition coefficient (Wildman–Crippen LogP) is -0.193. The van der Waals surface area contributed by atoms with Gasteiger partial charge < -0.3 is 5.11 Å². The molecule has 0 spiro atoms. The van der Waals surface area contributed by atoms with E-state index in [0.29, 0.717) is 0 Å². The second-order valence-corrected chi connectivity index (χ2v) is 2.46. The van der Waals surface area contributed by atoms with Gasteiger partial charge in [0.15, 0.2) is 6.23 Å². The fourth-order valence-electron chi connectivity index (χ4n) is 0.962. The van der Waals surface area contributed by atoms with Crippen LogP contribution in [0.1, 0.15) is 0 Å². The van der Waals surface area contributed by atoms with Crippen molar-refractivity contribution in [3.8, 4) is 0 Å². The maximum Gasteiger partial charge on any atom is 0.477 e. The van der Waals surface area contributed by atoms with Crippen molar-refractivity contribution in [2.24, 2.45) is 5.73 Å². The van der Waals surface area contributed by atoms with Gasteiger partial charge in [-0.25, -0.2) is 0 Å². The summed E-state index contributed by atoms with van der Waals surface area (Å²) in [4.78, 5) is 0. The first-order valence-corrected chi connectivity index (χ1v) is 3.17. The molecule has 0 aromatic heterocycles. The third kappa shape index (κ3) is 1.35. The van der Waals surface area contributed by atoms with Crippen molar-refractivity contribution < 1.29 is 22.9 Å². The lowest BCUT2D eigenvalue weighted by Crippen LogP contribution is -2.43. The van der Waals surface area contributed by atoms with E-state index in [0.717, 1.165) is 10.7 Å². The number of nitrogens with zero attached hydrogens (tertiary/aromatic N) is 1. The summed E-state index contributed by atoms with van der Waals surface area (Å²) in [5.41, 5.74) is 4.24. The molecule has 3 nitrogen and oxygen atoms in total. The fraction of sp³-hybridized carbons (Fsp3) is 0.500. The van der Waals surface area contributed by atoms with Crippen LogP contribution in [0.5, 0.6) is 0 Å². The monoisotopic (exact) mass is 181 g/mol. The SMILES string of the molecule is C[N+]1=C(C(F)(F)F)C=C1C(N)O. The fourth-order valence-corrected chi connectivity index (χ4v) is 0.962. The average molecular weight is 181 g/mol. The largest absolute Gasteiger partial charge is 0.477 e. The van der Waals surface area contributed by atoms with E-state index in [1.165, 1.54) is 7.05 Å². The van der Waals surface area contributed by atoms with Crippen molar-refractivity contribution in [3.63, 3.8) is 0 Å². The van der Waals surface area contributed by atoms with Gasteiger partial charge in [0.2, 0.25) is 5.70 Å². The maximum atomic E-state index is 11.9. The van der Waals surface area contributed by atoms with Gasteiger partial charge >= 0.3 is 6.18 Å². The molecule has 1 atom stereocenters. The Balaban J connectivity index is 2.79. The van der Waals surface area contributed by atoms with Crippen molar-refractivity contribution in [2.75, 3.05) is 7.05 Å². The minimum atomic E-state index is -4.37. The average Bonchev–Trinajstić information content (AvgIpc) is 1.80. The molecule has 1 aliphatic heterocycles. The molecule has 0 aromatic carbocycles.